The first-order valence-corrected chi connectivity index (χ1v) is 9.91. The largest absolute Gasteiger partial charge is 0.462 e. The van der Waals surface area contributed by atoms with Gasteiger partial charge in [-0.1, -0.05) is 17.7 Å². The van der Waals surface area contributed by atoms with Crippen LogP contribution in [-0.2, 0) is 4.74 Å². The Balaban J connectivity index is 1.78. The Morgan fingerprint density at radius 1 is 1.15 bits per heavy atom. The van der Waals surface area contributed by atoms with Crippen LogP contribution in [0.4, 0.5) is 5.69 Å². The molecule has 0 aliphatic carbocycles. The van der Waals surface area contributed by atoms with Crippen molar-refractivity contribution in [2.24, 2.45) is 0 Å². The number of carbonyl (C=O) groups is 1. The van der Waals surface area contributed by atoms with Gasteiger partial charge in [-0.2, -0.15) is 0 Å². The summed E-state index contributed by atoms with van der Waals surface area (Å²) in [6.45, 7) is 6.95. The fraction of sp³-hybridized carbons (Fsp3) is 0.300. The van der Waals surface area contributed by atoms with E-state index in [1.807, 2.05) is 13.0 Å². The smallest absolute Gasteiger partial charge is 0.338 e. The summed E-state index contributed by atoms with van der Waals surface area (Å²) in [4.78, 5) is 13.0. The van der Waals surface area contributed by atoms with E-state index in [0.29, 0.717) is 17.3 Å². The van der Waals surface area contributed by atoms with Crippen molar-refractivity contribution in [2.45, 2.75) is 25.7 Å². The Labute approximate surface area is 164 Å². The van der Waals surface area contributed by atoms with Crippen LogP contribution in [0.3, 0.4) is 0 Å². The molecule has 0 saturated carbocycles. The Hall–Kier alpha value is -2.05. The highest BCUT2D eigenvalue weighted by atomic mass is 32.2. The van der Waals surface area contributed by atoms with E-state index in [4.69, 9.17) is 17.0 Å². The first-order chi connectivity index (χ1) is 12.5. The lowest BCUT2D eigenvalue weighted by Crippen LogP contribution is -2.30. The third kappa shape index (κ3) is 6.35. The highest BCUT2D eigenvalue weighted by molar-refractivity contribution is 7.99. The van der Waals surface area contributed by atoms with E-state index in [-0.39, 0.29) is 5.97 Å². The molecule has 2 aromatic rings. The number of ether oxygens (including phenoxy) is 1. The van der Waals surface area contributed by atoms with Gasteiger partial charge < -0.3 is 15.4 Å². The molecule has 2 N–H and O–H groups in total. The Bertz CT molecular complexity index is 761. The number of benzene rings is 2. The molecule has 0 aliphatic heterocycles. The molecule has 26 heavy (non-hydrogen) atoms. The van der Waals surface area contributed by atoms with Gasteiger partial charge in [0.25, 0.3) is 0 Å². The average molecular weight is 389 g/mol. The molecule has 0 unspecified atom stereocenters. The molecule has 4 nitrogen and oxygen atoms in total. The van der Waals surface area contributed by atoms with Crippen molar-refractivity contribution in [1.82, 2.24) is 5.32 Å². The zero-order valence-electron chi connectivity index (χ0n) is 15.3. The van der Waals surface area contributed by atoms with Gasteiger partial charge in [-0.05, 0) is 68.9 Å². The lowest BCUT2D eigenvalue weighted by molar-refractivity contribution is 0.0526. The molecule has 2 rings (SSSR count). The lowest BCUT2D eigenvalue weighted by Gasteiger charge is -2.13. The predicted molar refractivity (Wildman–Crippen MR) is 113 cm³/mol. The number of carbonyl (C=O) groups excluding carboxylic acids is 1. The highest BCUT2D eigenvalue weighted by Gasteiger charge is 2.09. The zero-order valence-corrected chi connectivity index (χ0v) is 16.9. The summed E-state index contributed by atoms with van der Waals surface area (Å²) in [5, 5.41) is 6.95. The predicted octanol–water partition coefficient (Wildman–Crippen LogP) is 4.56. The van der Waals surface area contributed by atoms with Crippen molar-refractivity contribution in [2.75, 3.05) is 24.2 Å². The molecule has 0 bridgehead atoms. The van der Waals surface area contributed by atoms with Gasteiger partial charge in [0.2, 0.25) is 0 Å². The molecule has 0 aromatic heterocycles. The molecule has 0 amide bonds. The Kier molecular flexibility index (Phi) is 7.94. The number of anilines is 1. The number of esters is 1. The van der Waals surface area contributed by atoms with Crippen LogP contribution in [0.1, 0.15) is 28.4 Å². The van der Waals surface area contributed by atoms with E-state index in [2.05, 4.69) is 41.8 Å². The topological polar surface area (TPSA) is 50.4 Å². The number of nitrogens with one attached hydrogen (secondary N) is 2. The van der Waals surface area contributed by atoms with Crippen molar-refractivity contribution >= 4 is 40.7 Å². The van der Waals surface area contributed by atoms with Gasteiger partial charge in [0.1, 0.15) is 0 Å². The number of thioether (sulfide) groups is 1. The number of aryl methyl sites for hydroxylation is 2. The summed E-state index contributed by atoms with van der Waals surface area (Å²) < 4.78 is 5.01. The Morgan fingerprint density at radius 2 is 1.88 bits per heavy atom. The average Bonchev–Trinajstić information content (AvgIpc) is 2.62. The minimum atomic E-state index is -0.309. The highest BCUT2D eigenvalue weighted by Crippen LogP contribution is 2.18. The van der Waals surface area contributed by atoms with E-state index >= 15 is 0 Å². The van der Waals surface area contributed by atoms with Gasteiger partial charge in [0.05, 0.1) is 12.2 Å². The fourth-order valence-electron chi connectivity index (χ4n) is 2.28. The standard InChI is InChI=1S/C20H24N2O2S2/c1-4-24-19(23)16-7-10-18(15(3)13-16)22-20(25)21-11-12-26-17-8-5-14(2)6-9-17/h5-10,13H,4,11-12H2,1-3H3,(H2,21,22,25). The second-order valence-electron chi connectivity index (χ2n) is 5.79. The monoisotopic (exact) mass is 388 g/mol. The summed E-state index contributed by atoms with van der Waals surface area (Å²) in [7, 11) is 0. The second-order valence-corrected chi connectivity index (χ2v) is 7.37. The van der Waals surface area contributed by atoms with Crippen LogP contribution >= 0.6 is 24.0 Å². The fourth-order valence-corrected chi connectivity index (χ4v) is 3.26. The van der Waals surface area contributed by atoms with Crippen molar-refractivity contribution in [1.29, 1.82) is 0 Å². The molecular formula is C20H24N2O2S2. The maximum Gasteiger partial charge on any atom is 0.338 e. The molecule has 0 radical (unpaired) electrons. The number of hydrogen-bond donors (Lipinski definition) is 2. The minimum Gasteiger partial charge on any atom is -0.462 e. The quantitative estimate of drug-likeness (QED) is 0.314. The van der Waals surface area contributed by atoms with E-state index < -0.39 is 0 Å². The van der Waals surface area contributed by atoms with Gasteiger partial charge in [0.15, 0.2) is 5.11 Å². The summed E-state index contributed by atoms with van der Waals surface area (Å²) in [5.41, 5.74) is 3.63. The first-order valence-electron chi connectivity index (χ1n) is 8.51. The van der Waals surface area contributed by atoms with E-state index in [0.717, 1.165) is 23.5 Å². The van der Waals surface area contributed by atoms with Crippen LogP contribution < -0.4 is 10.6 Å². The van der Waals surface area contributed by atoms with Gasteiger partial charge in [-0.15, -0.1) is 11.8 Å². The second kappa shape index (κ2) is 10.2. The van der Waals surface area contributed by atoms with Crippen molar-refractivity contribution < 1.29 is 9.53 Å². The molecule has 0 saturated heterocycles. The molecule has 0 fully saturated rings. The van der Waals surface area contributed by atoms with Gasteiger partial charge in [0, 0.05) is 22.9 Å². The molecule has 6 heteroatoms. The maximum atomic E-state index is 11.8. The van der Waals surface area contributed by atoms with Crippen LogP contribution in [0.25, 0.3) is 0 Å². The van der Waals surface area contributed by atoms with E-state index in [1.54, 1.807) is 30.8 Å². The molecule has 0 atom stereocenters. The molecule has 2 aromatic carbocycles. The SMILES string of the molecule is CCOC(=O)c1ccc(NC(=S)NCCSc2ccc(C)cc2)c(C)c1. The molecule has 0 heterocycles. The van der Waals surface area contributed by atoms with Crippen LogP contribution in [0.15, 0.2) is 47.4 Å². The third-order valence-corrected chi connectivity index (χ3v) is 4.92. The van der Waals surface area contributed by atoms with Crippen LogP contribution in [0, 0.1) is 13.8 Å². The maximum absolute atomic E-state index is 11.8. The minimum absolute atomic E-state index is 0.309. The molecule has 138 valence electrons. The van der Waals surface area contributed by atoms with Gasteiger partial charge in [-0.25, -0.2) is 4.79 Å². The lowest BCUT2D eigenvalue weighted by atomic mass is 10.1. The molecular weight excluding hydrogens is 364 g/mol. The Morgan fingerprint density at radius 3 is 2.54 bits per heavy atom. The first kappa shape index (κ1) is 20.3. The normalized spacial score (nSPS) is 10.3. The van der Waals surface area contributed by atoms with Crippen molar-refractivity contribution in [3.05, 3.63) is 59.2 Å². The van der Waals surface area contributed by atoms with E-state index in [1.165, 1.54) is 10.5 Å². The molecule has 0 spiro atoms. The molecule has 0 aliphatic rings. The summed E-state index contributed by atoms with van der Waals surface area (Å²) in [5.74, 6) is 0.613. The van der Waals surface area contributed by atoms with Crippen molar-refractivity contribution in [3.63, 3.8) is 0 Å². The number of rotatable bonds is 7. The summed E-state index contributed by atoms with van der Waals surface area (Å²) in [6, 6.07) is 13.9. The van der Waals surface area contributed by atoms with Crippen LogP contribution in [0.2, 0.25) is 0 Å². The van der Waals surface area contributed by atoms with Crippen LogP contribution in [-0.4, -0.2) is 30.0 Å². The summed E-state index contributed by atoms with van der Waals surface area (Å²) >= 11 is 7.13. The van der Waals surface area contributed by atoms with Crippen LogP contribution in [0.5, 0.6) is 0 Å². The van der Waals surface area contributed by atoms with Crippen molar-refractivity contribution in [3.8, 4) is 0 Å². The van der Waals surface area contributed by atoms with Gasteiger partial charge >= 0.3 is 5.97 Å². The zero-order chi connectivity index (χ0) is 18.9. The number of thiocarbonyl (C=S) groups is 1. The number of hydrogen-bond acceptors (Lipinski definition) is 4. The summed E-state index contributed by atoms with van der Waals surface area (Å²) in [6.07, 6.45) is 0. The third-order valence-electron chi connectivity index (χ3n) is 3.66. The van der Waals surface area contributed by atoms with Gasteiger partial charge in [-0.3, -0.25) is 0 Å². The van der Waals surface area contributed by atoms with E-state index in [9.17, 15) is 4.79 Å².